The first-order valence-electron chi connectivity index (χ1n) is 1.87. The average molecular weight is 115 g/mol. The van der Waals surface area contributed by atoms with Crippen LogP contribution in [0.5, 0.6) is 0 Å². The van der Waals surface area contributed by atoms with Gasteiger partial charge in [-0.1, -0.05) is 0 Å². The molecule has 0 aliphatic rings. The topological polar surface area (TPSA) is 0 Å². The molecule has 1 heteroatoms. The van der Waals surface area contributed by atoms with Crippen LogP contribution in [0.4, 0.5) is 0 Å². The van der Waals surface area contributed by atoms with Crippen molar-refractivity contribution in [1.29, 1.82) is 0 Å². The molecule has 0 heterocycles. The Morgan fingerprint density at radius 1 is 1.33 bits per heavy atom. The van der Waals surface area contributed by atoms with Crippen molar-refractivity contribution in [3.63, 3.8) is 0 Å². The van der Waals surface area contributed by atoms with Crippen LogP contribution in [0.3, 0.4) is 0 Å². The number of hydrogen-bond acceptors (Lipinski definition) is 0. The van der Waals surface area contributed by atoms with Gasteiger partial charge in [0, 0.05) is 0 Å². The third kappa shape index (κ3) is 4.19. The first kappa shape index (κ1) is 6.19. The van der Waals surface area contributed by atoms with E-state index in [0.29, 0.717) is 0 Å². The normalized spacial score (nSPS) is 11.3. The fraction of sp³-hybridized carbons (Fsp3) is 0.200. The predicted molar refractivity (Wildman–Crippen MR) is 24.0 cm³/mol. The van der Waals surface area contributed by atoms with Crippen LogP contribution >= 0.6 is 0 Å². The zero-order valence-corrected chi connectivity index (χ0v) is 5.37. The summed E-state index contributed by atoms with van der Waals surface area (Å²) in [7, 11) is 0. The summed E-state index contributed by atoms with van der Waals surface area (Å²) in [5, 5.41) is 0. The summed E-state index contributed by atoms with van der Waals surface area (Å²) in [6.07, 6.45) is 6.00. The molecule has 0 unspecified atom stereocenters. The Kier molecular flexibility index (Phi) is 5.36. The van der Waals surface area contributed by atoms with Crippen molar-refractivity contribution >= 4 is 0 Å². The fourth-order valence-corrected chi connectivity index (χ4v) is 0.340. The molecule has 6 heavy (non-hydrogen) atoms. The molecule has 0 aliphatic carbocycles. The zero-order valence-electron chi connectivity index (χ0n) is 3.81. The maximum absolute atomic E-state index is 2.00. The van der Waals surface area contributed by atoms with E-state index in [-0.39, 0.29) is 0 Å². The minimum atomic E-state index is 2.00. The summed E-state index contributed by atoms with van der Waals surface area (Å²) in [4.78, 5) is 0. The molecule has 0 amide bonds. The number of rotatable bonds is 1. The number of hydrogen-bond donors (Lipinski definition) is 0. The standard InChI is InChI=1S/C5H7.Ti/c1-3-5-4-2;/h1,3-5H,2H3;. The molecule has 0 spiro atoms. The molecule has 0 saturated carbocycles. The molecule has 31 valence electrons. The monoisotopic (exact) mass is 115 g/mol. The van der Waals surface area contributed by atoms with Gasteiger partial charge >= 0.3 is 50.0 Å². The van der Waals surface area contributed by atoms with Gasteiger partial charge in [0.05, 0.1) is 0 Å². The van der Waals surface area contributed by atoms with Crippen LogP contribution < -0.4 is 0 Å². The van der Waals surface area contributed by atoms with Crippen LogP contribution in [0, 0.1) is 0 Å². The molecule has 0 N–H and O–H groups in total. The van der Waals surface area contributed by atoms with E-state index < -0.39 is 0 Å². The van der Waals surface area contributed by atoms with Gasteiger partial charge in [-0.3, -0.25) is 0 Å². The molecule has 0 aromatic rings. The van der Waals surface area contributed by atoms with Crippen molar-refractivity contribution in [2.75, 3.05) is 0 Å². The summed E-state index contributed by atoms with van der Waals surface area (Å²) in [5.74, 6) is 0. The molecule has 0 fully saturated rings. The summed E-state index contributed by atoms with van der Waals surface area (Å²) >= 11 is 2.00. The first-order valence-corrected chi connectivity index (χ1v) is 2.77. The molecule has 0 aromatic carbocycles. The summed E-state index contributed by atoms with van der Waals surface area (Å²) in [6.45, 7) is 2.00. The third-order valence-electron chi connectivity index (χ3n) is 0.400. The van der Waals surface area contributed by atoms with E-state index in [9.17, 15) is 0 Å². The minimum absolute atomic E-state index is 2.00. The Balaban J connectivity index is 3.07. The molecule has 0 aliphatic heterocycles. The Morgan fingerprint density at radius 3 is 2.17 bits per heavy atom. The molecule has 0 aromatic heterocycles. The molecule has 0 atom stereocenters. The van der Waals surface area contributed by atoms with E-state index in [1.54, 1.807) is 0 Å². The van der Waals surface area contributed by atoms with Gasteiger partial charge < -0.3 is 0 Å². The first-order chi connectivity index (χ1) is 2.91. The van der Waals surface area contributed by atoms with Gasteiger partial charge in [0.2, 0.25) is 0 Å². The van der Waals surface area contributed by atoms with E-state index in [1.807, 2.05) is 50.0 Å². The van der Waals surface area contributed by atoms with Crippen molar-refractivity contribution in [3.8, 4) is 0 Å². The molecule has 0 bridgehead atoms. The van der Waals surface area contributed by atoms with Gasteiger partial charge in [-0.15, -0.1) is 0 Å². The van der Waals surface area contributed by atoms with Crippen LogP contribution in [0.25, 0.3) is 0 Å². The molecule has 0 radical (unpaired) electrons. The van der Waals surface area contributed by atoms with Crippen LogP contribution in [-0.4, -0.2) is 0 Å². The van der Waals surface area contributed by atoms with E-state index in [1.165, 1.54) is 0 Å². The summed E-state index contributed by atoms with van der Waals surface area (Å²) < 4.78 is 2.00. The summed E-state index contributed by atoms with van der Waals surface area (Å²) in [6, 6.07) is 0. The second kappa shape index (κ2) is 5.19. The van der Waals surface area contributed by atoms with Crippen LogP contribution in [-0.2, 0) is 20.4 Å². The van der Waals surface area contributed by atoms with Crippen molar-refractivity contribution < 1.29 is 20.4 Å². The van der Waals surface area contributed by atoms with Gasteiger partial charge in [-0.2, -0.15) is 0 Å². The molecule has 0 saturated heterocycles. The Bertz CT molecular complexity index is 52.3. The van der Waals surface area contributed by atoms with Crippen LogP contribution in [0.2, 0.25) is 0 Å². The molecule has 0 rings (SSSR count). The van der Waals surface area contributed by atoms with E-state index in [2.05, 4.69) is 0 Å². The van der Waals surface area contributed by atoms with Gasteiger partial charge in [0.1, 0.15) is 0 Å². The van der Waals surface area contributed by atoms with Gasteiger partial charge in [-0.05, 0) is 0 Å². The third-order valence-corrected chi connectivity index (χ3v) is 0.700. The summed E-state index contributed by atoms with van der Waals surface area (Å²) in [5.41, 5.74) is 0. The van der Waals surface area contributed by atoms with E-state index in [4.69, 9.17) is 0 Å². The van der Waals surface area contributed by atoms with Crippen molar-refractivity contribution in [3.05, 3.63) is 22.6 Å². The number of allylic oxidation sites excluding steroid dienone is 3. The molecular weight excluding hydrogens is 108 g/mol. The van der Waals surface area contributed by atoms with Crippen molar-refractivity contribution in [2.45, 2.75) is 6.92 Å². The average Bonchev–Trinajstić information content (AvgIpc) is 1.61. The Labute approximate surface area is 50.3 Å². The SMILES string of the molecule is CC=CC=[CH][Ti]. The predicted octanol–water partition coefficient (Wildman–Crippen LogP) is 1.62. The second-order valence-electron chi connectivity index (χ2n) is 0.885. The Morgan fingerprint density at radius 2 is 2.00 bits per heavy atom. The van der Waals surface area contributed by atoms with Gasteiger partial charge in [0.25, 0.3) is 0 Å². The molecule has 0 nitrogen and oxygen atoms in total. The molecular formula is C5H7Ti. The zero-order chi connectivity index (χ0) is 4.83. The van der Waals surface area contributed by atoms with Crippen LogP contribution in [0.15, 0.2) is 22.6 Å². The van der Waals surface area contributed by atoms with Crippen LogP contribution in [0.1, 0.15) is 6.92 Å². The van der Waals surface area contributed by atoms with Crippen molar-refractivity contribution in [1.82, 2.24) is 0 Å². The quantitative estimate of drug-likeness (QED) is 0.359. The van der Waals surface area contributed by atoms with Gasteiger partial charge in [0.15, 0.2) is 0 Å². The second-order valence-corrected chi connectivity index (χ2v) is 1.41. The Hall–Kier alpha value is 0.194. The maximum atomic E-state index is 2.00. The fourth-order valence-electron chi connectivity index (χ4n) is 0.167. The van der Waals surface area contributed by atoms with Crippen molar-refractivity contribution in [2.24, 2.45) is 0 Å². The van der Waals surface area contributed by atoms with E-state index >= 15 is 0 Å². The van der Waals surface area contributed by atoms with E-state index in [0.717, 1.165) is 0 Å². The van der Waals surface area contributed by atoms with Gasteiger partial charge in [-0.25, -0.2) is 0 Å².